The number of ether oxygens (including phenoxy) is 1. The maximum Gasteiger partial charge on any atom is 0.238 e. The number of hydrogen-bond donors (Lipinski definition) is 1. The van der Waals surface area contributed by atoms with Gasteiger partial charge in [0.1, 0.15) is 11.5 Å². The lowest BCUT2D eigenvalue weighted by molar-refractivity contribution is -0.130. The average molecular weight is 295 g/mol. The van der Waals surface area contributed by atoms with Crippen molar-refractivity contribution in [1.82, 2.24) is 5.32 Å². The molecule has 0 fully saturated rings. The summed E-state index contributed by atoms with van der Waals surface area (Å²) in [5.74, 6) is 0.242. The Kier molecular flexibility index (Phi) is 3.92. The molecule has 0 radical (unpaired) electrons. The fraction of sp³-hybridized carbons (Fsp3) is 0.222. The van der Waals surface area contributed by atoms with E-state index in [9.17, 15) is 9.59 Å². The molecule has 0 unspecified atom stereocenters. The lowest BCUT2D eigenvalue weighted by atomic mass is 9.87. The van der Waals surface area contributed by atoms with Gasteiger partial charge in [-0.15, -0.1) is 0 Å². The molecule has 0 aliphatic carbocycles. The highest BCUT2D eigenvalue weighted by Gasteiger charge is 2.32. The van der Waals surface area contributed by atoms with E-state index in [2.05, 4.69) is 5.32 Å². The van der Waals surface area contributed by atoms with Crippen LogP contribution in [-0.4, -0.2) is 11.8 Å². The fourth-order valence-corrected chi connectivity index (χ4v) is 2.69. The van der Waals surface area contributed by atoms with Crippen molar-refractivity contribution in [2.75, 3.05) is 0 Å². The Bertz CT molecular complexity index is 678. The third-order valence-corrected chi connectivity index (χ3v) is 3.68. The van der Waals surface area contributed by atoms with E-state index in [4.69, 9.17) is 4.74 Å². The third-order valence-electron chi connectivity index (χ3n) is 3.68. The summed E-state index contributed by atoms with van der Waals surface area (Å²) in [7, 11) is 0. The molecule has 4 nitrogen and oxygen atoms in total. The number of amides is 2. The second kappa shape index (κ2) is 6.02. The largest absolute Gasteiger partial charge is 0.457 e. The zero-order valence-electron chi connectivity index (χ0n) is 12.3. The van der Waals surface area contributed by atoms with Gasteiger partial charge in [0.15, 0.2) is 0 Å². The summed E-state index contributed by atoms with van der Waals surface area (Å²) in [6.07, 6.45) is 1.05. The Hall–Kier alpha value is -2.62. The van der Waals surface area contributed by atoms with Gasteiger partial charge in [0.25, 0.3) is 0 Å². The number of nitrogens with one attached hydrogen (secondary N) is 1. The molecule has 0 saturated carbocycles. The Morgan fingerprint density at radius 2 is 1.55 bits per heavy atom. The Morgan fingerprint density at radius 1 is 1.00 bits per heavy atom. The predicted molar refractivity (Wildman–Crippen MR) is 82.9 cm³/mol. The SMILES string of the molecule is CCCC(=O)NC(=O)C1c2ccccc2Oc2ccccc21. The predicted octanol–water partition coefficient (Wildman–Crippen LogP) is 3.37. The van der Waals surface area contributed by atoms with Crippen LogP contribution in [0, 0.1) is 0 Å². The first-order chi connectivity index (χ1) is 10.7. The van der Waals surface area contributed by atoms with Crippen LogP contribution in [0.25, 0.3) is 0 Å². The van der Waals surface area contributed by atoms with Crippen LogP contribution in [0.5, 0.6) is 11.5 Å². The number of hydrogen-bond acceptors (Lipinski definition) is 3. The summed E-state index contributed by atoms with van der Waals surface area (Å²) < 4.78 is 5.85. The molecule has 1 aliphatic rings. The first-order valence-electron chi connectivity index (χ1n) is 7.40. The van der Waals surface area contributed by atoms with Gasteiger partial charge in [-0.25, -0.2) is 0 Å². The molecule has 2 amide bonds. The van der Waals surface area contributed by atoms with Crippen molar-refractivity contribution in [2.24, 2.45) is 0 Å². The number of benzene rings is 2. The van der Waals surface area contributed by atoms with E-state index < -0.39 is 5.92 Å². The number of carbonyl (C=O) groups excluding carboxylic acids is 2. The van der Waals surface area contributed by atoms with Crippen LogP contribution in [0.2, 0.25) is 0 Å². The molecule has 0 atom stereocenters. The molecule has 112 valence electrons. The second-order valence-electron chi connectivity index (χ2n) is 5.27. The van der Waals surface area contributed by atoms with E-state index in [0.29, 0.717) is 24.3 Å². The van der Waals surface area contributed by atoms with Crippen molar-refractivity contribution in [2.45, 2.75) is 25.7 Å². The number of imide groups is 1. The Balaban J connectivity index is 1.99. The maximum atomic E-state index is 12.6. The summed E-state index contributed by atoms with van der Waals surface area (Å²) in [5, 5.41) is 2.50. The summed E-state index contributed by atoms with van der Waals surface area (Å²) >= 11 is 0. The molecule has 0 saturated heterocycles. The fourth-order valence-electron chi connectivity index (χ4n) is 2.69. The minimum Gasteiger partial charge on any atom is -0.457 e. The summed E-state index contributed by atoms with van der Waals surface area (Å²) in [6.45, 7) is 1.91. The quantitative estimate of drug-likeness (QED) is 0.944. The summed E-state index contributed by atoms with van der Waals surface area (Å²) in [4.78, 5) is 24.4. The van der Waals surface area contributed by atoms with Gasteiger partial charge < -0.3 is 4.74 Å². The standard InChI is InChI=1S/C18H17NO3/c1-2-7-16(20)19-18(21)17-12-8-3-5-10-14(12)22-15-11-6-4-9-13(15)17/h3-6,8-11,17H,2,7H2,1H3,(H,19,20,21). The molecule has 22 heavy (non-hydrogen) atoms. The zero-order chi connectivity index (χ0) is 15.5. The van der Waals surface area contributed by atoms with Gasteiger partial charge in [-0.2, -0.15) is 0 Å². The molecule has 4 heteroatoms. The number of para-hydroxylation sites is 2. The second-order valence-corrected chi connectivity index (χ2v) is 5.27. The summed E-state index contributed by atoms with van der Waals surface area (Å²) in [6, 6.07) is 14.8. The third kappa shape index (κ3) is 2.60. The zero-order valence-corrected chi connectivity index (χ0v) is 12.3. The van der Waals surface area contributed by atoms with E-state index in [0.717, 1.165) is 11.1 Å². The van der Waals surface area contributed by atoms with Gasteiger partial charge in [-0.1, -0.05) is 43.3 Å². The van der Waals surface area contributed by atoms with Crippen LogP contribution >= 0.6 is 0 Å². The summed E-state index contributed by atoms with van der Waals surface area (Å²) in [5.41, 5.74) is 1.56. The topological polar surface area (TPSA) is 55.4 Å². The van der Waals surface area contributed by atoms with E-state index >= 15 is 0 Å². The van der Waals surface area contributed by atoms with Gasteiger partial charge >= 0.3 is 0 Å². The van der Waals surface area contributed by atoms with Gasteiger partial charge in [0.2, 0.25) is 11.8 Å². The minimum atomic E-state index is -0.526. The Morgan fingerprint density at radius 3 is 2.09 bits per heavy atom. The molecule has 2 aromatic rings. The molecule has 1 heterocycles. The lowest BCUT2D eigenvalue weighted by Crippen LogP contribution is -2.35. The number of rotatable bonds is 3. The van der Waals surface area contributed by atoms with Crippen LogP contribution in [0.4, 0.5) is 0 Å². The highest BCUT2D eigenvalue weighted by molar-refractivity contribution is 6.00. The molecule has 2 aromatic carbocycles. The molecular formula is C18H17NO3. The van der Waals surface area contributed by atoms with Crippen LogP contribution in [0.3, 0.4) is 0 Å². The van der Waals surface area contributed by atoms with Gasteiger partial charge in [-0.05, 0) is 18.6 Å². The first kappa shape index (κ1) is 14.3. The molecule has 3 rings (SSSR count). The number of fused-ring (bicyclic) bond motifs is 2. The van der Waals surface area contributed by atoms with Crippen molar-refractivity contribution in [3.8, 4) is 11.5 Å². The highest BCUT2D eigenvalue weighted by atomic mass is 16.5. The molecule has 1 aliphatic heterocycles. The van der Waals surface area contributed by atoms with Gasteiger partial charge in [-0.3, -0.25) is 14.9 Å². The minimum absolute atomic E-state index is 0.242. The van der Waals surface area contributed by atoms with Crippen LogP contribution in [-0.2, 0) is 9.59 Å². The van der Waals surface area contributed by atoms with Crippen molar-refractivity contribution in [3.05, 3.63) is 59.7 Å². The van der Waals surface area contributed by atoms with Gasteiger partial charge in [0.05, 0.1) is 5.92 Å². The molecular weight excluding hydrogens is 278 g/mol. The number of carbonyl (C=O) groups is 2. The van der Waals surface area contributed by atoms with Crippen LogP contribution < -0.4 is 10.1 Å². The molecule has 0 aromatic heterocycles. The van der Waals surface area contributed by atoms with Crippen molar-refractivity contribution in [1.29, 1.82) is 0 Å². The normalized spacial score (nSPS) is 12.8. The van der Waals surface area contributed by atoms with Crippen LogP contribution in [0.1, 0.15) is 36.8 Å². The lowest BCUT2D eigenvalue weighted by Gasteiger charge is -2.27. The van der Waals surface area contributed by atoms with Gasteiger partial charge in [0, 0.05) is 17.5 Å². The molecule has 1 N–H and O–H groups in total. The van der Waals surface area contributed by atoms with Crippen molar-refractivity contribution >= 4 is 11.8 Å². The first-order valence-corrected chi connectivity index (χ1v) is 7.40. The molecule has 0 bridgehead atoms. The van der Waals surface area contributed by atoms with Crippen molar-refractivity contribution < 1.29 is 14.3 Å². The maximum absolute atomic E-state index is 12.6. The van der Waals surface area contributed by atoms with E-state index in [1.807, 2.05) is 55.5 Å². The van der Waals surface area contributed by atoms with E-state index in [1.165, 1.54) is 0 Å². The average Bonchev–Trinajstić information content (AvgIpc) is 2.52. The Labute approximate surface area is 129 Å². The smallest absolute Gasteiger partial charge is 0.238 e. The van der Waals surface area contributed by atoms with Crippen molar-refractivity contribution in [3.63, 3.8) is 0 Å². The highest BCUT2D eigenvalue weighted by Crippen LogP contribution is 2.43. The van der Waals surface area contributed by atoms with Crippen LogP contribution in [0.15, 0.2) is 48.5 Å². The monoisotopic (exact) mass is 295 g/mol. The molecule has 0 spiro atoms. The van der Waals surface area contributed by atoms with E-state index in [-0.39, 0.29) is 11.8 Å². The van der Waals surface area contributed by atoms with E-state index in [1.54, 1.807) is 0 Å².